The molecule has 2 N–H and O–H groups in total. The van der Waals surface area contributed by atoms with E-state index in [9.17, 15) is 4.79 Å². The summed E-state index contributed by atoms with van der Waals surface area (Å²) in [5.41, 5.74) is 7.51. The lowest BCUT2D eigenvalue weighted by atomic mass is 10.1. The maximum atomic E-state index is 11.3. The molecule has 0 spiro atoms. The molecule has 5 nitrogen and oxygen atoms in total. The summed E-state index contributed by atoms with van der Waals surface area (Å²) in [4.78, 5) is 13.9. The zero-order valence-corrected chi connectivity index (χ0v) is 14.1. The summed E-state index contributed by atoms with van der Waals surface area (Å²) in [5.74, 6) is -0.258. The number of hydrogen-bond donors (Lipinski definition) is 1. The van der Waals surface area contributed by atoms with E-state index < -0.39 is 0 Å². The van der Waals surface area contributed by atoms with E-state index in [0.717, 1.165) is 22.3 Å². The summed E-state index contributed by atoms with van der Waals surface area (Å²) in [7, 11) is 1.38. The van der Waals surface area contributed by atoms with E-state index in [1.807, 2.05) is 18.2 Å². The lowest BCUT2D eigenvalue weighted by molar-refractivity contribution is -0.144. The molecule has 0 amide bonds. The van der Waals surface area contributed by atoms with Crippen molar-refractivity contribution < 1.29 is 14.3 Å². The van der Waals surface area contributed by atoms with Crippen LogP contribution in [-0.2, 0) is 14.3 Å². The van der Waals surface area contributed by atoms with Gasteiger partial charge in [-0.15, -0.1) is 0 Å². The number of hydrogen-bond acceptors (Lipinski definition) is 5. The third-order valence-electron chi connectivity index (χ3n) is 3.34. The number of nitrogens with two attached hydrogens (primary N) is 1. The number of benzene rings is 1. The second-order valence-electron chi connectivity index (χ2n) is 4.75. The van der Waals surface area contributed by atoms with Gasteiger partial charge < -0.3 is 20.1 Å². The van der Waals surface area contributed by atoms with Gasteiger partial charge in [-0.2, -0.15) is 0 Å². The van der Waals surface area contributed by atoms with Crippen LogP contribution in [0.15, 0.2) is 22.7 Å². The van der Waals surface area contributed by atoms with Gasteiger partial charge in [0.25, 0.3) is 0 Å². The molecule has 0 radical (unpaired) electrons. The first-order chi connectivity index (χ1) is 10.0. The second-order valence-corrected chi connectivity index (χ2v) is 6.04. The van der Waals surface area contributed by atoms with E-state index in [1.54, 1.807) is 0 Å². The Morgan fingerprint density at radius 2 is 2.38 bits per heavy atom. The third kappa shape index (κ3) is 4.15. The fourth-order valence-electron chi connectivity index (χ4n) is 2.25. The number of morpholine rings is 1. The molecule has 114 valence electrons. The molecule has 21 heavy (non-hydrogen) atoms. The number of thiocarbonyl (C=S) groups is 1. The van der Waals surface area contributed by atoms with Gasteiger partial charge in [-0.05, 0) is 34.1 Å². The van der Waals surface area contributed by atoms with Crippen LogP contribution in [0.2, 0.25) is 0 Å². The second kappa shape index (κ2) is 7.20. The van der Waals surface area contributed by atoms with Crippen molar-refractivity contribution in [2.24, 2.45) is 5.73 Å². The van der Waals surface area contributed by atoms with Gasteiger partial charge in [0.2, 0.25) is 0 Å². The van der Waals surface area contributed by atoms with Gasteiger partial charge >= 0.3 is 5.97 Å². The summed E-state index contributed by atoms with van der Waals surface area (Å²) < 4.78 is 11.1. The summed E-state index contributed by atoms with van der Waals surface area (Å²) in [5, 5.41) is 0. The van der Waals surface area contributed by atoms with Gasteiger partial charge in [-0.3, -0.25) is 4.79 Å². The molecule has 1 aliphatic rings. The fourth-order valence-corrected chi connectivity index (χ4v) is 3.14. The number of carbonyl (C=O) groups excluding carboxylic acids is 1. The van der Waals surface area contributed by atoms with E-state index in [2.05, 4.69) is 25.6 Å². The molecule has 1 aromatic rings. The highest BCUT2D eigenvalue weighted by atomic mass is 79.9. The average Bonchev–Trinajstić information content (AvgIpc) is 2.47. The van der Waals surface area contributed by atoms with Gasteiger partial charge in [-0.25, -0.2) is 0 Å². The molecule has 0 bridgehead atoms. The average molecular weight is 373 g/mol. The monoisotopic (exact) mass is 372 g/mol. The van der Waals surface area contributed by atoms with E-state index >= 15 is 0 Å². The molecule has 2 rings (SSSR count). The van der Waals surface area contributed by atoms with Crippen LogP contribution in [0.4, 0.5) is 5.69 Å². The largest absolute Gasteiger partial charge is 0.469 e. The molecule has 1 saturated heterocycles. The first-order valence-corrected chi connectivity index (χ1v) is 7.74. The summed E-state index contributed by atoms with van der Waals surface area (Å²) in [6.45, 7) is 2.00. The Hall–Kier alpha value is -1.18. The maximum absolute atomic E-state index is 11.3. The van der Waals surface area contributed by atoms with Crippen LogP contribution in [0, 0.1) is 0 Å². The predicted molar refractivity (Wildman–Crippen MR) is 88.6 cm³/mol. The summed E-state index contributed by atoms with van der Waals surface area (Å²) in [6, 6.07) is 5.85. The van der Waals surface area contributed by atoms with E-state index in [0.29, 0.717) is 18.1 Å². The Bertz CT molecular complexity index is 553. The smallest absolute Gasteiger partial charge is 0.308 e. The lowest BCUT2D eigenvalue weighted by Gasteiger charge is -2.34. The van der Waals surface area contributed by atoms with Crippen LogP contribution in [0.3, 0.4) is 0 Å². The topological polar surface area (TPSA) is 64.8 Å². The number of ether oxygens (including phenoxy) is 2. The van der Waals surface area contributed by atoms with Crippen molar-refractivity contribution in [1.82, 2.24) is 0 Å². The molecule has 1 aromatic carbocycles. The molecule has 1 atom stereocenters. The van der Waals surface area contributed by atoms with Crippen molar-refractivity contribution in [3.63, 3.8) is 0 Å². The van der Waals surface area contributed by atoms with Gasteiger partial charge in [0, 0.05) is 28.8 Å². The molecule has 0 saturated carbocycles. The van der Waals surface area contributed by atoms with E-state index in [4.69, 9.17) is 22.7 Å². The predicted octanol–water partition coefficient (Wildman–Crippen LogP) is 1.85. The van der Waals surface area contributed by atoms with Crippen LogP contribution >= 0.6 is 28.1 Å². The Balaban J connectivity index is 2.09. The van der Waals surface area contributed by atoms with Crippen LogP contribution in [-0.4, -0.2) is 43.9 Å². The number of methoxy groups -OCH3 is 1. The lowest BCUT2D eigenvalue weighted by Crippen LogP contribution is -2.43. The highest BCUT2D eigenvalue weighted by molar-refractivity contribution is 9.10. The number of carbonyl (C=O) groups is 1. The molecule has 1 unspecified atom stereocenters. The SMILES string of the molecule is COC(=O)CC1CN(c2ccc(C(N)=S)c(Br)c2)CCO1. The molecular formula is C14H17BrN2O3S. The van der Waals surface area contributed by atoms with Crippen molar-refractivity contribution in [3.05, 3.63) is 28.2 Å². The van der Waals surface area contributed by atoms with Crippen molar-refractivity contribution >= 4 is 44.8 Å². The Morgan fingerprint density at radius 1 is 1.62 bits per heavy atom. The van der Waals surface area contributed by atoms with Crippen LogP contribution in [0.5, 0.6) is 0 Å². The number of nitrogens with zero attached hydrogens (tertiary/aromatic N) is 1. The van der Waals surface area contributed by atoms with Gasteiger partial charge in [0.15, 0.2) is 0 Å². The molecule has 0 aromatic heterocycles. The molecule has 1 aliphatic heterocycles. The number of anilines is 1. The summed E-state index contributed by atoms with van der Waals surface area (Å²) in [6.07, 6.45) is 0.110. The van der Waals surface area contributed by atoms with Crippen LogP contribution in [0.25, 0.3) is 0 Å². The van der Waals surface area contributed by atoms with Crippen molar-refractivity contribution in [2.75, 3.05) is 31.7 Å². The maximum Gasteiger partial charge on any atom is 0.308 e. The summed E-state index contributed by atoms with van der Waals surface area (Å²) >= 11 is 8.47. The Kier molecular flexibility index (Phi) is 5.55. The zero-order valence-electron chi connectivity index (χ0n) is 11.7. The minimum absolute atomic E-state index is 0.153. The fraction of sp³-hybridized carbons (Fsp3) is 0.429. The first kappa shape index (κ1) is 16.2. The Morgan fingerprint density at radius 3 is 3.00 bits per heavy atom. The van der Waals surface area contributed by atoms with Gasteiger partial charge in [0.05, 0.1) is 26.2 Å². The zero-order chi connectivity index (χ0) is 15.4. The minimum Gasteiger partial charge on any atom is -0.469 e. The van der Waals surface area contributed by atoms with Crippen LogP contribution in [0.1, 0.15) is 12.0 Å². The molecule has 1 fully saturated rings. The Labute approximate surface area is 137 Å². The number of rotatable bonds is 4. The van der Waals surface area contributed by atoms with E-state index in [-0.39, 0.29) is 18.5 Å². The number of esters is 1. The highest BCUT2D eigenvalue weighted by Crippen LogP contribution is 2.26. The van der Waals surface area contributed by atoms with E-state index in [1.165, 1.54) is 7.11 Å². The van der Waals surface area contributed by atoms with Crippen LogP contribution < -0.4 is 10.6 Å². The highest BCUT2D eigenvalue weighted by Gasteiger charge is 2.23. The molecular weight excluding hydrogens is 356 g/mol. The molecule has 1 heterocycles. The first-order valence-electron chi connectivity index (χ1n) is 6.54. The standard InChI is InChI=1S/C14H17BrN2O3S/c1-19-13(18)7-10-8-17(4-5-20-10)9-2-3-11(14(16)21)12(15)6-9/h2-3,6,10H,4-5,7-8H2,1H3,(H2,16,21). The minimum atomic E-state index is -0.258. The van der Waals surface area contributed by atoms with Crippen molar-refractivity contribution in [3.8, 4) is 0 Å². The molecule has 0 aliphatic carbocycles. The third-order valence-corrected chi connectivity index (χ3v) is 4.22. The van der Waals surface area contributed by atoms with Crippen molar-refractivity contribution in [2.45, 2.75) is 12.5 Å². The quantitative estimate of drug-likeness (QED) is 0.642. The normalized spacial score (nSPS) is 18.4. The van der Waals surface area contributed by atoms with Crippen molar-refractivity contribution in [1.29, 1.82) is 0 Å². The van der Waals surface area contributed by atoms with Gasteiger partial charge in [0.1, 0.15) is 4.99 Å². The molecule has 7 heteroatoms. The number of halogens is 1. The van der Waals surface area contributed by atoms with Gasteiger partial charge in [-0.1, -0.05) is 12.2 Å².